The minimum Gasteiger partial charge on any atom is -0.461 e. The van der Waals surface area contributed by atoms with Crippen LogP contribution in [0.4, 0.5) is 0 Å². The summed E-state index contributed by atoms with van der Waals surface area (Å²) in [5, 5.41) is 34.1. The highest BCUT2D eigenvalue weighted by Gasteiger charge is 2.54. The Morgan fingerprint density at radius 1 is 0.824 bits per heavy atom. The molecule has 0 radical (unpaired) electrons. The first-order valence-electron chi connectivity index (χ1n) is 25.2. The molecule has 4 heterocycles. The number of carbonyl (C=O) groups is 4. The number of ether oxygens (including phenoxy) is 4. The molecule has 4 fully saturated rings. The summed E-state index contributed by atoms with van der Waals surface area (Å²) < 4.78 is 51.3. The number of amides is 1. The van der Waals surface area contributed by atoms with Crippen molar-refractivity contribution in [3.05, 3.63) is 47.6 Å². The molecule has 5 aliphatic rings. The third kappa shape index (κ3) is 13.9. The van der Waals surface area contributed by atoms with Crippen molar-refractivity contribution >= 4 is 33.5 Å². The number of esters is 1. The molecule has 68 heavy (non-hydrogen) atoms. The van der Waals surface area contributed by atoms with E-state index in [1.807, 2.05) is 71.1 Å². The summed E-state index contributed by atoms with van der Waals surface area (Å²) in [5.41, 5.74) is 1.31. The van der Waals surface area contributed by atoms with Gasteiger partial charge in [0.25, 0.3) is 11.7 Å². The van der Waals surface area contributed by atoms with Crippen molar-refractivity contribution in [3.8, 4) is 0 Å². The second kappa shape index (κ2) is 24.8. The van der Waals surface area contributed by atoms with Crippen LogP contribution in [0.5, 0.6) is 0 Å². The number of hydrogen-bond acceptors (Lipinski definition) is 13. The van der Waals surface area contributed by atoms with Crippen LogP contribution in [0.2, 0.25) is 0 Å². The summed E-state index contributed by atoms with van der Waals surface area (Å²) in [6.45, 7) is 13.5. The molecule has 0 aromatic carbocycles. The maximum absolute atomic E-state index is 14.4. The molecule has 1 aliphatic carbocycles. The molecule has 1 saturated carbocycles. The lowest BCUT2D eigenvalue weighted by Crippen LogP contribution is -2.61. The largest absolute Gasteiger partial charge is 0.461 e. The van der Waals surface area contributed by atoms with Crippen LogP contribution in [0.1, 0.15) is 132 Å². The molecule has 3 N–H and O–H groups in total. The average Bonchev–Trinajstić information content (AvgIpc) is 3.30. The van der Waals surface area contributed by atoms with E-state index in [2.05, 4.69) is 0 Å². The van der Waals surface area contributed by atoms with Crippen LogP contribution in [-0.2, 0) is 48.1 Å². The number of Topliss-reactive ketones (excluding diaryl/α,β-unsaturated/α-hetero) is 2. The van der Waals surface area contributed by atoms with Gasteiger partial charge in [-0.3, -0.25) is 14.4 Å². The molecule has 15 nitrogen and oxygen atoms in total. The topological polar surface area (TPSA) is 207 Å². The average molecular weight is 975 g/mol. The van der Waals surface area contributed by atoms with Crippen molar-refractivity contribution < 1.29 is 61.9 Å². The van der Waals surface area contributed by atoms with E-state index in [1.165, 1.54) is 16.3 Å². The molecular weight excluding hydrogens is 893 g/mol. The second-order valence-electron chi connectivity index (χ2n) is 20.9. The van der Waals surface area contributed by atoms with Crippen LogP contribution >= 0.6 is 0 Å². The Morgan fingerprint density at radius 2 is 1.56 bits per heavy atom. The van der Waals surface area contributed by atoms with E-state index >= 15 is 0 Å². The Hall–Kier alpha value is -3.09. The summed E-state index contributed by atoms with van der Waals surface area (Å²) in [6.07, 6.45) is 13.4. The quantitative estimate of drug-likeness (QED) is 0.159. The van der Waals surface area contributed by atoms with Crippen LogP contribution < -0.4 is 0 Å². The maximum Gasteiger partial charge on any atom is 0.329 e. The molecule has 0 unspecified atom stereocenters. The van der Waals surface area contributed by atoms with Gasteiger partial charge >= 0.3 is 5.97 Å². The van der Waals surface area contributed by atoms with Crippen molar-refractivity contribution in [2.24, 2.45) is 35.5 Å². The molecule has 5 rings (SSSR count). The zero-order valence-corrected chi connectivity index (χ0v) is 42.9. The van der Waals surface area contributed by atoms with Crippen LogP contribution in [0.15, 0.2) is 47.6 Å². The Bertz CT molecular complexity index is 1980. The van der Waals surface area contributed by atoms with Gasteiger partial charge in [-0.2, -0.15) is 4.31 Å². The summed E-state index contributed by atoms with van der Waals surface area (Å²) in [4.78, 5) is 58.1. The van der Waals surface area contributed by atoms with E-state index in [-0.39, 0.29) is 60.7 Å². The number of hydrogen-bond donors (Lipinski definition) is 3. The number of sulfonamides is 1. The van der Waals surface area contributed by atoms with Crippen LogP contribution in [0.3, 0.4) is 0 Å². The molecule has 16 heteroatoms. The summed E-state index contributed by atoms with van der Waals surface area (Å²) in [7, 11) is -0.515. The third-order valence-corrected chi connectivity index (χ3v) is 17.4. The predicted octanol–water partition coefficient (Wildman–Crippen LogP) is 6.00. The van der Waals surface area contributed by atoms with Crippen LogP contribution in [0.25, 0.3) is 0 Å². The maximum atomic E-state index is 14.4. The fourth-order valence-corrected chi connectivity index (χ4v) is 12.4. The minimum absolute atomic E-state index is 0.000453. The van der Waals surface area contributed by atoms with Crippen molar-refractivity contribution in [2.45, 2.75) is 186 Å². The Balaban J connectivity index is 1.47. The van der Waals surface area contributed by atoms with Gasteiger partial charge in [-0.1, -0.05) is 76.6 Å². The van der Waals surface area contributed by atoms with Crippen LogP contribution in [-0.4, -0.2) is 144 Å². The number of carbonyl (C=O) groups excluding carboxylic acids is 4. The molecule has 0 aromatic heterocycles. The van der Waals surface area contributed by atoms with Gasteiger partial charge in [-0.25, -0.2) is 13.2 Å². The second-order valence-corrected chi connectivity index (χ2v) is 22.9. The molecule has 384 valence electrons. The third-order valence-electron chi connectivity index (χ3n) is 15.5. The Morgan fingerprint density at radius 3 is 2.22 bits per heavy atom. The van der Waals surface area contributed by atoms with E-state index < -0.39 is 87.9 Å². The predicted molar refractivity (Wildman–Crippen MR) is 258 cm³/mol. The zero-order valence-electron chi connectivity index (χ0n) is 42.1. The SMILES string of the molecule is CO[C@@H]1C[C@H](C[C@@H](C)[C@@H]2CC[C@H](C)/C=C(\C)[C@@H](O)[C@@H](OC)C(=O)[C@H](C)C[C@H](C)/C=C/C=C/C=C(\C)[C@@H](N3CCS3(=O)=O)C[C@@H]3CC[C@@H](C)[C@@](O)(O3)C(=O)C(=O)N3CCCC[C@H]3C(=O)O2)CC[C@H]1O. The van der Waals surface area contributed by atoms with Gasteiger partial charge in [0.2, 0.25) is 15.8 Å². The monoisotopic (exact) mass is 975 g/mol. The standard InChI is InChI=1S/C52H82N2O13S/c1-32-15-11-10-12-16-34(3)42(54-25-26-68(54,62)63)31-40-21-19-38(7)52(61,67-40)49(58)50(59)53-24-14-13-17-41(53)51(60)66-44(35(4)29-39-20-22-43(55)45(30-39)64-8)23-18-33(2)28-37(6)47(57)48(65-9)46(56)36(5)27-32/h10-12,15-16,28,32-33,35-36,38-45,47-48,55,57,61H,13-14,17-27,29-31H2,1-9H3/b12-10+,15-11+,34-16+,37-28+/t32-,33+,35-,36-,38-,39+,40+,41+,42+,43-,44+,45-,47-,48+,52-/m1/s1. The highest BCUT2D eigenvalue weighted by Crippen LogP contribution is 2.39. The number of ketones is 2. The number of piperidine rings is 1. The molecule has 1 amide bonds. The van der Waals surface area contributed by atoms with E-state index in [1.54, 1.807) is 21.0 Å². The first-order chi connectivity index (χ1) is 32.1. The van der Waals surface area contributed by atoms with Crippen LogP contribution in [0, 0.1) is 35.5 Å². The molecule has 0 spiro atoms. The number of fused-ring (bicyclic) bond motifs is 3. The van der Waals surface area contributed by atoms with Gasteiger partial charge in [0.15, 0.2) is 5.78 Å². The number of cyclic esters (lactones) is 1. The summed E-state index contributed by atoms with van der Waals surface area (Å²) in [5.74, 6) is -6.73. The normalized spacial score (nSPS) is 41.2. The molecule has 0 aromatic rings. The molecule has 15 atom stereocenters. The number of allylic oxidation sites excluding steroid dienone is 6. The first-order valence-corrected chi connectivity index (χ1v) is 26.8. The van der Waals surface area contributed by atoms with Crippen molar-refractivity contribution in [3.63, 3.8) is 0 Å². The molecular formula is C52H82N2O13S. The number of methoxy groups -OCH3 is 2. The lowest BCUT2D eigenvalue weighted by molar-refractivity contribution is -0.264. The van der Waals surface area contributed by atoms with Crippen molar-refractivity contribution in [1.82, 2.24) is 9.21 Å². The van der Waals surface area contributed by atoms with E-state index in [0.717, 1.165) is 12.0 Å². The van der Waals surface area contributed by atoms with E-state index in [9.17, 15) is 42.9 Å². The highest BCUT2D eigenvalue weighted by molar-refractivity contribution is 7.90. The van der Waals surface area contributed by atoms with Gasteiger partial charge in [-0.05, 0) is 127 Å². The molecule has 4 aliphatic heterocycles. The first kappa shape index (κ1) is 55.8. The van der Waals surface area contributed by atoms with E-state index in [4.69, 9.17) is 18.9 Å². The van der Waals surface area contributed by atoms with Gasteiger partial charge in [0.1, 0.15) is 24.4 Å². The van der Waals surface area contributed by atoms with Gasteiger partial charge in [-0.15, -0.1) is 0 Å². The fourth-order valence-electron chi connectivity index (χ4n) is 11.1. The minimum atomic E-state index is -3.53. The number of aliphatic hydroxyl groups excluding tert-OH is 2. The zero-order chi connectivity index (χ0) is 50.1. The van der Waals surface area contributed by atoms with Gasteiger partial charge < -0.3 is 39.2 Å². The van der Waals surface area contributed by atoms with Crippen molar-refractivity contribution in [1.29, 1.82) is 0 Å². The number of aliphatic hydroxyl groups is 3. The molecule has 2 bridgehead atoms. The highest BCUT2D eigenvalue weighted by atomic mass is 32.2. The number of nitrogens with zero attached hydrogens (tertiary/aromatic N) is 2. The van der Waals surface area contributed by atoms with Gasteiger partial charge in [0.05, 0.1) is 24.1 Å². The fraction of sp³-hybridized carbons (Fsp3) is 0.769. The smallest absolute Gasteiger partial charge is 0.329 e. The Kier molecular flexibility index (Phi) is 20.4. The Labute approximate surface area is 405 Å². The van der Waals surface area contributed by atoms with E-state index in [0.29, 0.717) is 76.3 Å². The number of rotatable bonds is 6. The van der Waals surface area contributed by atoms with Crippen molar-refractivity contribution in [2.75, 3.05) is 33.1 Å². The van der Waals surface area contributed by atoms with Gasteiger partial charge in [0, 0.05) is 45.2 Å². The summed E-state index contributed by atoms with van der Waals surface area (Å²) in [6, 6.07) is -1.71. The lowest BCUT2D eigenvalue weighted by Gasteiger charge is -2.44. The molecule has 3 saturated heterocycles. The summed E-state index contributed by atoms with van der Waals surface area (Å²) >= 11 is 0. The lowest BCUT2D eigenvalue weighted by atomic mass is 9.78.